The average molecular weight is 491 g/mol. The molecule has 0 bridgehead atoms. The number of nitrogens with zero attached hydrogens (tertiary/aromatic N) is 4. The predicted molar refractivity (Wildman–Crippen MR) is 137 cm³/mol. The molecular formula is C27H34N6O3. The zero-order valence-corrected chi connectivity index (χ0v) is 21.0. The van der Waals surface area contributed by atoms with Crippen LogP contribution in [-0.4, -0.2) is 64.6 Å². The molecule has 0 atom stereocenters. The highest BCUT2D eigenvalue weighted by molar-refractivity contribution is 5.94. The molecule has 9 heteroatoms. The Hall–Kier alpha value is -3.72. The van der Waals surface area contributed by atoms with E-state index in [1.165, 1.54) is 5.56 Å². The lowest BCUT2D eigenvalue weighted by Crippen LogP contribution is -2.51. The minimum atomic E-state index is -0.0875. The summed E-state index contributed by atoms with van der Waals surface area (Å²) in [6.07, 6.45) is 2.01. The zero-order chi connectivity index (χ0) is 25.3. The Labute approximate surface area is 211 Å². The SMILES string of the molecule is CCCCNC(=O)c1ccc(CNC(=O)N2CCN(Cc3nc(-c4ccc(C)cc4)no3)CC2)cc1. The lowest BCUT2D eigenvalue weighted by Gasteiger charge is -2.33. The molecule has 9 nitrogen and oxygen atoms in total. The fraction of sp³-hybridized carbons (Fsp3) is 0.407. The number of aromatic nitrogens is 2. The molecule has 1 saturated heterocycles. The van der Waals surface area contributed by atoms with E-state index in [0.717, 1.165) is 37.1 Å². The Bertz CT molecular complexity index is 1140. The van der Waals surface area contributed by atoms with Gasteiger partial charge in [0.2, 0.25) is 11.7 Å². The van der Waals surface area contributed by atoms with Crippen LogP contribution in [-0.2, 0) is 13.1 Å². The van der Waals surface area contributed by atoms with Crippen LogP contribution in [0.15, 0.2) is 53.1 Å². The lowest BCUT2D eigenvalue weighted by molar-refractivity contribution is 0.0953. The van der Waals surface area contributed by atoms with Gasteiger partial charge in [-0.05, 0) is 31.0 Å². The largest absolute Gasteiger partial charge is 0.352 e. The van der Waals surface area contributed by atoms with Crippen LogP contribution in [0.3, 0.4) is 0 Å². The van der Waals surface area contributed by atoms with Crippen LogP contribution < -0.4 is 10.6 Å². The van der Waals surface area contributed by atoms with Crippen LogP contribution in [0.1, 0.15) is 47.1 Å². The van der Waals surface area contributed by atoms with Gasteiger partial charge in [-0.2, -0.15) is 4.98 Å². The van der Waals surface area contributed by atoms with Crippen LogP contribution in [0, 0.1) is 6.92 Å². The second-order valence-electron chi connectivity index (χ2n) is 9.11. The summed E-state index contributed by atoms with van der Waals surface area (Å²) in [6.45, 7) is 8.52. The zero-order valence-electron chi connectivity index (χ0n) is 21.0. The number of piperazine rings is 1. The molecule has 36 heavy (non-hydrogen) atoms. The maximum Gasteiger partial charge on any atom is 0.317 e. The number of rotatable bonds is 9. The van der Waals surface area contributed by atoms with E-state index in [1.54, 1.807) is 12.1 Å². The van der Waals surface area contributed by atoms with Crippen LogP contribution >= 0.6 is 0 Å². The van der Waals surface area contributed by atoms with Gasteiger partial charge in [0.25, 0.3) is 5.91 Å². The van der Waals surface area contributed by atoms with E-state index in [9.17, 15) is 9.59 Å². The van der Waals surface area contributed by atoms with E-state index in [2.05, 4.69) is 32.6 Å². The van der Waals surface area contributed by atoms with Crippen molar-refractivity contribution >= 4 is 11.9 Å². The summed E-state index contributed by atoms with van der Waals surface area (Å²) in [4.78, 5) is 33.3. The van der Waals surface area contributed by atoms with Gasteiger partial charge < -0.3 is 20.1 Å². The lowest BCUT2D eigenvalue weighted by atomic mass is 10.1. The second kappa shape index (κ2) is 12.3. The number of nitrogens with one attached hydrogen (secondary N) is 2. The van der Waals surface area contributed by atoms with E-state index in [1.807, 2.05) is 48.2 Å². The molecule has 0 spiro atoms. The molecule has 1 fully saturated rings. The molecule has 0 radical (unpaired) electrons. The van der Waals surface area contributed by atoms with Gasteiger partial charge in [0.05, 0.1) is 6.54 Å². The first-order valence-corrected chi connectivity index (χ1v) is 12.5. The summed E-state index contributed by atoms with van der Waals surface area (Å²) >= 11 is 0. The molecule has 1 aliphatic rings. The Morgan fingerprint density at radius 2 is 1.69 bits per heavy atom. The van der Waals surface area contributed by atoms with Crippen molar-refractivity contribution in [3.63, 3.8) is 0 Å². The number of amides is 3. The van der Waals surface area contributed by atoms with Crippen molar-refractivity contribution in [3.8, 4) is 11.4 Å². The van der Waals surface area contributed by atoms with Crippen molar-refractivity contribution in [1.29, 1.82) is 0 Å². The van der Waals surface area contributed by atoms with Crippen molar-refractivity contribution in [2.75, 3.05) is 32.7 Å². The van der Waals surface area contributed by atoms with Crippen LogP contribution in [0.4, 0.5) is 4.79 Å². The molecule has 0 saturated carbocycles. The van der Waals surface area contributed by atoms with E-state index in [-0.39, 0.29) is 11.9 Å². The number of carbonyl (C=O) groups is 2. The molecular weight excluding hydrogens is 456 g/mol. The molecule has 3 aromatic rings. The number of hydrogen-bond donors (Lipinski definition) is 2. The molecule has 2 N–H and O–H groups in total. The standard InChI is InChI=1S/C27H34N6O3/c1-3-4-13-28-26(34)23-11-7-21(8-12-23)18-29-27(35)33-16-14-32(15-17-33)19-24-30-25(31-36-24)22-9-5-20(2)6-10-22/h5-12H,3-4,13-19H2,1-2H3,(H,28,34)(H,29,35). The Balaban J connectivity index is 1.19. The van der Waals surface area contributed by atoms with Crippen molar-refractivity contribution in [1.82, 2.24) is 30.6 Å². The topological polar surface area (TPSA) is 104 Å². The van der Waals surface area contributed by atoms with Gasteiger partial charge in [-0.15, -0.1) is 0 Å². The minimum Gasteiger partial charge on any atom is -0.352 e. The van der Waals surface area contributed by atoms with Crippen LogP contribution in [0.2, 0.25) is 0 Å². The molecule has 4 rings (SSSR count). The number of unbranched alkanes of at least 4 members (excludes halogenated alkanes) is 1. The molecule has 1 aromatic heterocycles. The maximum absolute atomic E-state index is 12.6. The number of benzene rings is 2. The van der Waals surface area contributed by atoms with Crippen molar-refractivity contribution < 1.29 is 14.1 Å². The van der Waals surface area contributed by atoms with Crippen molar-refractivity contribution in [2.45, 2.75) is 39.8 Å². The Morgan fingerprint density at radius 3 is 2.39 bits per heavy atom. The third-order valence-electron chi connectivity index (χ3n) is 6.27. The third-order valence-corrected chi connectivity index (χ3v) is 6.27. The van der Waals surface area contributed by atoms with Gasteiger partial charge in [0.15, 0.2) is 0 Å². The fourth-order valence-corrected chi connectivity index (χ4v) is 3.98. The summed E-state index contributed by atoms with van der Waals surface area (Å²) in [5.74, 6) is 1.10. The monoisotopic (exact) mass is 490 g/mol. The Kier molecular flexibility index (Phi) is 8.67. The molecule has 0 unspecified atom stereocenters. The molecule has 190 valence electrons. The summed E-state index contributed by atoms with van der Waals surface area (Å²) < 4.78 is 5.44. The molecule has 2 heterocycles. The second-order valence-corrected chi connectivity index (χ2v) is 9.11. The first-order chi connectivity index (χ1) is 17.5. The predicted octanol–water partition coefficient (Wildman–Crippen LogP) is 3.60. The van der Waals surface area contributed by atoms with Crippen molar-refractivity contribution in [2.24, 2.45) is 0 Å². The first kappa shape index (κ1) is 25.4. The quantitative estimate of drug-likeness (QED) is 0.444. The van der Waals surface area contributed by atoms with E-state index >= 15 is 0 Å². The third kappa shape index (κ3) is 6.91. The van der Waals surface area contributed by atoms with Gasteiger partial charge in [-0.25, -0.2) is 4.79 Å². The summed E-state index contributed by atoms with van der Waals surface area (Å²) in [7, 11) is 0. The van der Waals surface area contributed by atoms with E-state index in [4.69, 9.17) is 4.52 Å². The molecule has 1 aliphatic heterocycles. The van der Waals surface area contributed by atoms with Gasteiger partial charge in [-0.1, -0.05) is 60.5 Å². The van der Waals surface area contributed by atoms with Gasteiger partial charge in [0.1, 0.15) is 0 Å². The highest BCUT2D eigenvalue weighted by Crippen LogP contribution is 2.17. The number of carbonyl (C=O) groups excluding carboxylic acids is 2. The minimum absolute atomic E-state index is 0.0659. The van der Waals surface area contributed by atoms with Crippen molar-refractivity contribution in [3.05, 3.63) is 71.1 Å². The molecule has 3 amide bonds. The summed E-state index contributed by atoms with van der Waals surface area (Å²) in [5.41, 5.74) is 3.70. The number of hydrogen-bond acceptors (Lipinski definition) is 6. The van der Waals surface area contributed by atoms with E-state index in [0.29, 0.717) is 50.0 Å². The van der Waals surface area contributed by atoms with Crippen LogP contribution in [0.25, 0.3) is 11.4 Å². The summed E-state index contributed by atoms with van der Waals surface area (Å²) in [6, 6.07) is 15.3. The normalized spacial score (nSPS) is 14.0. The smallest absolute Gasteiger partial charge is 0.317 e. The highest BCUT2D eigenvalue weighted by Gasteiger charge is 2.22. The highest BCUT2D eigenvalue weighted by atomic mass is 16.5. The number of urea groups is 1. The number of aryl methyl sites for hydroxylation is 1. The average Bonchev–Trinajstić information content (AvgIpc) is 3.37. The first-order valence-electron chi connectivity index (χ1n) is 12.5. The van der Waals surface area contributed by atoms with E-state index < -0.39 is 0 Å². The van der Waals surface area contributed by atoms with Crippen LogP contribution in [0.5, 0.6) is 0 Å². The molecule has 0 aliphatic carbocycles. The van der Waals surface area contributed by atoms with Gasteiger partial charge in [-0.3, -0.25) is 9.69 Å². The fourth-order valence-electron chi connectivity index (χ4n) is 3.98. The maximum atomic E-state index is 12.6. The molecule has 2 aromatic carbocycles. The van der Waals surface area contributed by atoms with Gasteiger partial charge in [0, 0.05) is 50.4 Å². The Morgan fingerprint density at radius 1 is 0.972 bits per heavy atom. The van der Waals surface area contributed by atoms with Gasteiger partial charge >= 0.3 is 6.03 Å². The summed E-state index contributed by atoms with van der Waals surface area (Å²) in [5, 5.41) is 9.99.